The second kappa shape index (κ2) is 5.46. The average molecular weight is 225 g/mol. The van der Waals surface area contributed by atoms with Gasteiger partial charge in [0.1, 0.15) is 0 Å². The topological polar surface area (TPSA) is 46.2 Å². The van der Waals surface area contributed by atoms with Gasteiger partial charge < -0.3 is 5.32 Å². The SMILES string of the molecule is CCCC1(CCC)NC(=O)CCC(C)C1=O. The van der Waals surface area contributed by atoms with Gasteiger partial charge in [0.15, 0.2) is 5.78 Å². The molecule has 92 valence electrons. The van der Waals surface area contributed by atoms with Gasteiger partial charge in [-0.2, -0.15) is 0 Å². The first-order chi connectivity index (χ1) is 7.55. The molecule has 0 radical (unpaired) electrons. The van der Waals surface area contributed by atoms with Crippen LogP contribution in [0.25, 0.3) is 0 Å². The zero-order chi connectivity index (χ0) is 12.2. The quantitative estimate of drug-likeness (QED) is 0.798. The summed E-state index contributed by atoms with van der Waals surface area (Å²) in [6.07, 6.45) is 4.59. The van der Waals surface area contributed by atoms with E-state index in [1.54, 1.807) is 0 Å². The van der Waals surface area contributed by atoms with Gasteiger partial charge in [0, 0.05) is 12.3 Å². The van der Waals surface area contributed by atoms with Crippen molar-refractivity contribution in [2.24, 2.45) is 5.92 Å². The van der Waals surface area contributed by atoms with Crippen LogP contribution in [0, 0.1) is 5.92 Å². The highest BCUT2D eigenvalue weighted by molar-refractivity contribution is 5.96. The van der Waals surface area contributed by atoms with Gasteiger partial charge in [-0.25, -0.2) is 0 Å². The van der Waals surface area contributed by atoms with Crippen molar-refractivity contribution in [1.82, 2.24) is 5.32 Å². The maximum atomic E-state index is 12.4. The molecule has 0 bridgehead atoms. The van der Waals surface area contributed by atoms with Crippen molar-refractivity contribution in [3.63, 3.8) is 0 Å². The molecule has 1 aliphatic rings. The Bertz CT molecular complexity index is 267. The van der Waals surface area contributed by atoms with Crippen LogP contribution in [-0.4, -0.2) is 17.2 Å². The van der Waals surface area contributed by atoms with Crippen LogP contribution in [0.15, 0.2) is 0 Å². The van der Waals surface area contributed by atoms with Crippen molar-refractivity contribution in [2.75, 3.05) is 0 Å². The highest BCUT2D eigenvalue weighted by Crippen LogP contribution is 2.29. The largest absolute Gasteiger partial charge is 0.344 e. The fraction of sp³-hybridized carbons (Fsp3) is 0.846. The van der Waals surface area contributed by atoms with Crippen LogP contribution >= 0.6 is 0 Å². The van der Waals surface area contributed by atoms with Crippen LogP contribution in [0.5, 0.6) is 0 Å². The fourth-order valence-corrected chi connectivity index (χ4v) is 2.69. The Morgan fingerprint density at radius 1 is 1.25 bits per heavy atom. The van der Waals surface area contributed by atoms with Gasteiger partial charge in [0.25, 0.3) is 0 Å². The smallest absolute Gasteiger partial charge is 0.220 e. The molecule has 3 heteroatoms. The molecule has 1 atom stereocenters. The molecule has 1 rings (SSSR count). The summed E-state index contributed by atoms with van der Waals surface area (Å²) in [5, 5.41) is 2.99. The summed E-state index contributed by atoms with van der Waals surface area (Å²) < 4.78 is 0. The van der Waals surface area contributed by atoms with Gasteiger partial charge in [0.05, 0.1) is 5.54 Å². The summed E-state index contributed by atoms with van der Waals surface area (Å²) in [6.45, 7) is 6.07. The molecule has 0 aliphatic carbocycles. The summed E-state index contributed by atoms with van der Waals surface area (Å²) in [5.41, 5.74) is -0.573. The lowest BCUT2D eigenvalue weighted by atomic mass is 9.79. The number of carbonyl (C=O) groups is 2. The van der Waals surface area contributed by atoms with E-state index in [4.69, 9.17) is 0 Å². The fourth-order valence-electron chi connectivity index (χ4n) is 2.69. The van der Waals surface area contributed by atoms with Crippen LogP contribution < -0.4 is 5.32 Å². The van der Waals surface area contributed by atoms with Crippen LogP contribution in [-0.2, 0) is 9.59 Å². The summed E-state index contributed by atoms with van der Waals surface area (Å²) in [6, 6.07) is 0. The van der Waals surface area contributed by atoms with Crippen LogP contribution in [0.4, 0.5) is 0 Å². The minimum Gasteiger partial charge on any atom is -0.344 e. The molecule has 1 unspecified atom stereocenters. The van der Waals surface area contributed by atoms with Crippen LogP contribution in [0.2, 0.25) is 0 Å². The Hall–Kier alpha value is -0.860. The number of ketones is 1. The first kappa shape index (κ1) is 13.2. The zero-order valence-electron chi connectivity index (χ0n) is 10.6. The van der Waals surface area contributed by atoms with Gasteiger partial charge >= 0.3 is 0 Å². The number of Topliss-reactive ketones (excluding diaryl/α,β-unsaturated/α-hetero) is 1. The molecule has 1 aliphatic heterocycles. The highest BCUT2D eigenvalue weighted by Gasteiger charge is 2.42. The molecule has 0 aromatic heterocycles. The first-order valence-corrected chi connectivity index (χ1v) is 6.41. The number of amides is 1. The number of hydrogen-bond acceptors (Lipinski definition) is 2. The average Bonchev–Trinajstić information content (AvgIpc) is 2.33. The summed E-state index contributed by atoms with van der Waals surface area (Å²) in [4.78, 5) is 24.1. The van der Waals surface area contributed by atoms with E-state index in [0.717, 1.165) is 25.7 Å². The van der Waals surface area contributed by atoms with Crippen LogP contribution in [0.1, 0.15) is 59.3 Å². The minimum atomic E-state index is -0.573. The summed E-state index contributed by atoms with van der Waals surface area (Å²) in [7, 11) is 0. The third-order valence-electron chi connectivity index (χ3n) is 3.46. The lowest BCUT2D eigenvalue weighted by Gasteiger charge is -2.33. The molecular formula is C13H23NO2. The maximum absolute atomic E-state index is 12.4. The Morgan fingerprint density at radius 2 is 1.81 bits per heavy atom. The Kier molecular flexibility index (Phi) is 4.51. The van der Waals surface area contributed by atoms with Crippen LogP contribution in [0.3, 0.4) is 0 Å². The Labute approximate surface area is 98.0 Å². The standard InChI is InChI=1S/C13H23NO2/c1-4-8-13(9-5-2)12(16)10(3)6-7-11(15)14-13/h10H,4-9H2,1-3H3,(H,14,15). The van der Waals surface area contributed by atoms with Crippen molar-refractivity contribution < 1.29 is 9.59 Å². The number of carbonyl (C=O) groups excluding carboxylic acids is 2. The summed E-state index contributed by atoms with van der Waals surface area (Å²) in [5.74, 6) is 0.290. The second-order valence-corrected chi connectivity index (χ2v) is 4.93. The molecule has 1 fully saturated rings. The van der Waals surface area contributed by atoms with E-state index in [1.807, 2.05) is 6.92 Å². The van der Waals surface area contributed by atoms with Crippen molar-refractivity contribution in [3.05, 3.63) is 0 Å². The van der Waals surface area contributed by atoms with Gasteiger partial charge in [-0.3, -0.25) is 9.59 Å². The number of rotatable bonds is 4. The molecule has 16 heavy (non-hydrogen) atoms. The molecule has 0 aromatic carbocycles. The lowest BCUT2D eigenvalue weighted by Crippen LogP contribution is -2.54. The van der Waals surface area contributed by atoms with Gasteiger partial charge in [0.2, 0.25) is 5.91 Å². The van der Waals surface area contributed by atoms with Gasteiger partial charge in [-0.15, -0.1) is 0 Å². The molecular weight excluding hydrogens is 202 g/mol. The monoisotopic (exact) mass is 225 g/mol. The van der Waals surface area contributed by atoms with E-state index in [2.05, 4.69) is 19.2 Å². The first-order valence-electron chi connectivity index (χ1n) is 6.41. The highest BCUT2D eigenvalue weighted by atomic mass is 16.2. The van der Waals surface area contributed by atoms with E-state index in [1.165, 1.54) is 0 Å². The molecule has 0 aromatic rings. The predicted molar refractivity (Wildman–Crippen MR) is 64.1 cm³/mol. The van der Waals surface area contributed by atoms with Gasteiger partial charge in [-0.05, 0) is 19.3 Å². The third-order valence-corrected chi connectivity index (χ3v) is 3.46. The molecule has 1 N–H and O–H groups in total. The van der Waals surface area contributed by atoms with Crippen molar-refractivity contribution in [3.8, 4) is 0 Å². The number of nitrogens with one attached hydrogen (secondary N) is 1. The molecule has 1 saturated heterocycles. The molecule has 0 spiro atoms. The van der Waals surface area contributed by atoms with E-state index in [0.29, 0.717) is 12.8 Å². The van der Waals surface area contributed by atoms with E-state index >= 15 is 0 Å². The van der Waals surface area contributed by atoms with E-state index < -0.39 is 5.54 Å². The molecule has 1 heterocycles. The minimum absolute atomic E-state index is 0.0112. The van der Waals surface area contributed by atoms with Crippen molar-refractivity contribution in [2.45, 2.75) is 64.8 Å². The van der Waals surface area contributed by atoms with Crippen molar-refractivity contribution >= 4 is 11.7 Å². The summed E-state index contributed by atoms with van der Waals surface area (Å²) >= 11 is 0. The third kappa shape index (κ3) is 2.63. The Morgan fingerprint density at radius 3 is 2.31 bits per heavy atom. The molecule has 3 nitrogen and oxygen atoms in total. The van der Waals surface area contributed by atoms with E-state index in [-0.39, 0.29) is 17.6 Å². The number of hydrogen-bond donors (Lipinski definition) is 1. The maximum Gasteiger partial charge on any atom is 0.220 e. The normalized spacial score (nSPS) is 25.1. The van der Waals surface area contributed by atoms with Gasteiger partial charge in [-0.1, -0.05) is 33.6 Å². The van der Waals surface area contributed by atoms with E-state index in [9.17, 15) is 9.59 Å². The lowest BCUT2D eigenvalue weighted by molar-refractivity contribution is -0.132. The Balaban J connectivity index is 2.98. The zero-order valence-corrected chi connectivity index (χ0v) is 10.6. The van der Waals surface area contributed by atoms with Crippen molar-refractivity contribution in [1.29, 1.82) is 0 Å². The molecule has 1 amide bonds. The predicted octanol–water partition coefficient (Wildman–Crippen LogP) is 2.44. The molecule has 0 saturated carbocycles. The second-order valence-electron chi connectivity index (χ2n) is 4.93.